The average Bonchev–Trinajstić information content (AvgIpc) is 0.716. The number of phenolic OH excluding ortho intramolecular Hbond substituents is 2. The SMILES string of the molecule is Cc1cc(F)cc(-c2cc(C(C)(C)CC(C)(C)C)cc(-c3c4ccc(C(C)(C)C)cc4c(-c4cc(C(C)(C)C)cc(C(C)(C)C)c4)c4cc(C(C)(C)C)ccc34)c2O)c1OCCCOc1c(C)cc(F)cc1-c1cc(C(C)(C)CC(C)(C)C)cc(-c2c3ccc(C(C)(C)C)cc3c(-c3cc(C(C)(C)C)cc(C(C)(C)C)c3)c3cc(C(C)(C)C)ccc23)c1O.[CH3-].[CH3-].[Hf]. The van der Waals surface area contributed by atoms with E-state index in [9.17, 15) is 10.2 Å². The van der Waals surface area contributed by atoms with E-state index in [0.717, 1.165) is 100 Å². The summed E-state index contributed by atoms with van der Waals surface area (Å²) in [6.07, 6.45) is 1.98. The van der Waals surface area contributed by atoms with Crippen molar-refractivity contribution in [2.75, 3.05) is 13.2 Å². The number of halogens is 2. The first-order valence-electron chi connectivity index (χ1n) is 45.3. The molecule has 12 rings (SSSR count). The van der Waals surface area contributed by atoms with Crippen LogP contribution in [0.4, 0.5) is 8.78 Å². The van der Waals surface area contributed by atoms with Crippen LogP contribution in [0, 0.1) is 51.2 Å². The van der Waals surface area contributed by atoms with Crippen molar-refractivity contribution in [1.82, 2.24) is 0 Å². The van der Waals surface area contributed by atoms with Gasteiger partial charge in [0.1, 0.15) is 34.6 Å². The number of hydrogen-bond acceptors (Lipinski definition) is 4. The molecule has 0 saturated heterocycles. The van der Waals surface area contributed by atoms with E-state index >= 15 is 8.78 Å². The molecule has 126 heavy (non-hydrogen) atoms. The van der Waals surface area contributed by atoms with E-state index in [-0.39, 0.29) is 120 Å². The van der Waals surface area contributed by atoms with Gasteiger partial charge in [-0.05, 0) is 297 Å². The Labute approximate surface area is 779 Å². The second-order valence-corrected chi connectivity index (χ2v) is 48.5. The molecule has 12 aromatic rings. The Kier molecular flexibility index (Phi) is 28.3. The zero-order valence-electron chi connectivity index (χ0n) is 84.5. The molecule has 0 radical (unpaired) electrons. The molecule has 0 amide bonds. The van der Waals surface area contributed by atoms with E-state index < -0.39 is 22.5 Å². The molecule has 4 nitrogen and oxygen atoms in total. The molecule has 7 heteroatoms. The van der Waals surface area contributed by atoms with E-state index in [1.165, 1.54) is 68.8 Å². The Bertz CT molecular complexity index is 5530. The molecule has 0 heterocycles. The summed E-state index contributed by atoms with van der Waals surface area (Å²) in [5.74, 6) is 0.0430. The number of rotatable bonds is 16. The minimum Gasteiger partial charge on any atom is -0.507 e. The number of ether oxygens (including phenoxy) is 2. The summed E-state index contributed by atoms with van der Waals surface area (Å²) >= 11 is 0. The second kappa shape index (κ2) is 35.1. The van der Waals surface area contributed by atoms with Crippen molar-refractivity contribution in [1.29, 1.82) is 0 Å². The predicted octanol–water partition coefficient (Wildman–Crippen LogP) is 35.2. The van der Waals surface area contributed by atoms with Crippen LogP contribution in [-0.2, 0) is 80.0 Å². The van der Waals surface area contributed by atoms with E-state index in [4.69, 9.17) is 9.47 Å². The van der Waals surface area contributed by atoms with Gasteiger partial charge in [0.15, 0.2) is 0 Å². The summed E-state index contributed by atoms with van der Waals surface area (Å²) in [5, 5.41) is 36.2. The van der Waals surface area contributed by atoms with Crippen LogP contribution in [0.1, 0.15) is 321 Å². The number of phenols is 2. The van der Waals surface area contributed by atoms with Crippen molar-refractivity contribution in [3.63, 3.8) is 0 Å². The fourth-order valence-electron chi connectivity index (χ4n) is 19.1. The van der Waals surface area contributed by atoms with E-state index in [2.05, 4.69) is 369 Å². The van der Waals surface area contributed by atoms with E-state index in [1.54, 1.807) is 0 Å². The Hall–Kier alpha value is -8.39. The fourth-order valence-corrected chi connectivity index (χ4v) is 19.1. The summed E-state index contributed by atoms with van der Waals surface area (Å²) in [7, 11) is 0. The van der Waals surface area contributed by atoms with E-state index in [0.29, 0.717) is 62.4 Å². The Morgan fingerprint density at radius 3 is 0.722 bits per heavy atom. The van der Waals surface area contributed by atoms with Crippen molar-refractivity contribution in [2.24, 2.45) is 10.8 Å². The zero-order valence-corrected chi connectivity index (χ0v) is 88.1. The van der Waals surface area contributed by atoms with Gasteiger partial charge in [0.25, 0.3) is 0 Å². The number of fused-ring (bicyclic) bond motifs is 4. The number of hydrogen-bond donors (Lipinski definition) is 2. The first kappa shape index (κ1) is 101. The van der Waals surface area contributed by atoms with Crippen molar-refractivity contribution in [2.45, 2.75) is 323 Å². The fraction of sp³-hybridized carbons (Fsp3) is 0.445. The molecule has 0 aliphatic carbocycles. The summed E-state index contributed by atoms with van der Waals surface area (Å²) < 4.78 is 47.9. The molecule has 0 unspecified atom stereocenters. The third kappa shape index (κ3) is 21.2. The van der Waals surface area contributed by atoms with Gasteiger partial charge in [-0.15, -0.1) is 0 Å². The van der Waals surface area contributed by atoms with Crippen molar-refractivity contribution < 1.29 is 54.3 Å². The van der Waals surface area contributed by atoms with Gasteiger partial charge in [0.05, 0.1) is 13.2 Å². The van der Waals surface area contributed by atoms with Crippen LogP contribution >= 0.6 is 0 Å². The second-order valence-electron chi connectivity index (χ2n) is 48.5. The number of benzene rings is 12. The largest absolute Gasteiger partial charge is 0.507 e. The van der Waals surface area contributed by atoms with E-state index in [1.807, 2.05) is 13.8 Å². The standard InChI is InChI=1S/C117H146F2O4.2CH3.Hf/c1-68-48-82(118)64-94(92-60-80(116(33,34)66-106(3,4)5)62-96(102(92)120)100-84-42-38-72(108(9,10)11)56-88(84)98(89-57-73(109(12,13)14)39-43-85(89)100)70-50-76(112(21,22)23)54-77(51-70)113(24,25)26)104(68)122-46-37-47-123-105-69(2)49-83(119)65-95(105)93-61-81(117(35,36)67-107(6,7)8)63-97(103(93)121)101-86-44-40-74(110(15,16)17)58-90(86)99(91-59-75(111(18,19)20)41-45-87(91)101)71-52-78(114(27,28)29)55-79(53-71)115(30,31)32;;;/h38-45,48-65,120-121H,37,46-47,66-67H2,1-36H3;2*1H3;/q;2*-1;. The molecule has 12 aromatic carbocycles. The van der Waals surface area contributed by atoms with Gasteiger partial charge in [-0.2, -0.15) is 0 Å². The summed E-state index contributed by atoms with van der Waals surface area (Å²) in [6, 6.07) is 56.9. The molecule has 0 bridgehead atoms. The van der Waals surface area contributed by atoms with Crippen molar-refractivity contribution in [3.05, 3.63) is 251 Å². The van der Waals surface area contributed by atoms with Gasteiger partial charge < -0.3 is 34.5 Å². The molecule has 0 fully saturated rings. The molecule has 0 aliphatic heterocycles. The summed E-state index contributed by atoms with van der Waals surface area (Å²) in [6.45, 7) is 81.7. The monoisotopic (exact) mass is 1860 g/mol. The predicted molar refractivity (Wildman–Crippen MR) is 540 cm³/mol. The van der Waals surface area contributed by atoms with Crippen LogP contribution in [-0.4, -0.2) is 23.4 Å². The number of aryl methyl sites for hydroxylation is 2. The Morgan fingerprint density at radius 2 is 0.492 bits per heavy atom. The first-order chi connectivity index (χ1) is 56.2. The van der Waals surface area contributed by atoms with Gasteiger partial charge in [0, 0.05) is 76.8 Å². The molecule has 0 atom stereocenters. The first-order valence-corrected chi connectivity index (χ1v) is 45.3. The molecule has 0 aromatic heterocycles. The quantitative estimate of drug-likeness (QED) is 0.0438. The topological polar surface area (TPSA) is 58.9 Å². The van der Waals surface area contributed by atoms with Crippen molar-refractivity contribution >= 4 is 43.1 Å². The minimum absolute atomic E-state index is 0. The molecular weight excluding hydrogens is 1710 g/mol. The zero-order chi connectivity index (χ0) is 91.3. The third-order valence-electron chi connectivity index (χ3n) is 25.7. The van der Waals surface area contributed by atoms with Crippen LogP contribution in [0.3, 0.4) is 0 Å². The maximum absolute atomic E-state index is 16.9. The molecule has 0 aliphatic rings. The number of aromatic hydroxyl groups is 2. The van der Waals surface area contributed by atoms with Gasteiger partial charge in [0.2, 0.25) is 0 Å². The minimum atomic E-state index is -0.453. The van der Waals surface area contributed by atoms with Crippen LogP contribution in [0.5, 0.6) is 23.0 Å². The molecule has 0 spiro atoms. The van der Waals surface area contributed by atoms with Crippen LogP contribution < -0.4 is 9.47 Å². The normalized spacial score (nSPS) is 13.2. The van der Waals surface area contributed by atoms with Gasteiger partial charge in [-0.3, -0.25) is 0 Å². The van der Waals surface area contributed by atoms with Gasteiger partial charge >= 0.3 is 0 Å². The molecule has 672 valence electrons. The maximum Gasteiger partial charge on any atom is 0.131 e. The third-order valence-corrected chi connectivity index (χ3v) is 25.7. The van der Waals surface area contributed by atoms with Gasteiger partial charge in [-0.25, -0.2) is 8.78 Å². The summed E-state index contributed by atoms with van der Waals surface area (Å²) in [5.41, 5.74) is 20.0. The van der Waals surface area contributed by atoms with Crippen molar-refractivity contribution in [3.8, 4) is 89.8 Å². The molecular formula is C119H152F2HfO4-2. The Morgan fingerprint density at radius 1 is 0.254 bits per heavy atom. The van der Waals surface area contributed by atoms with Crippen LogP contribution in [0.15, 0.2) is 158 Å². The Balaban J connectivity index is 0.00000599. The van der Waals surface area contributed by atoms with Crippen LogP contribution in [0.25, 0.3) is 110 Å². The maximum atomic E-state index is 16.9. The molecule has 0 saturated carbocycles. The smallest absolute Gasteiger partial charge is 0.131 e. The summed E-state index contributed by atoms with van der Waals surface area (Å²) in [4.78, 5) is 0. The average molecular weight is 1860 g/mol. The van der Waals surface area contributed by atoms with Gasteiger partial charge in [-0.1, -0.05) is 320 Å². The van der Waals surface area contributed by atoms with Crippen LogP contribution in [0.2, 0.25) is 0 Å². The molecule has 2 N–H and O–H groups in total.